The number of aromatic amines is 1. The largest absolute Gasteiger partial charge is 0.361 e. The number of hydrogen-bond donors (Lipinski definition) is 2. The second-order valence-electron chi connectivity index (χ2n) is 7.54. The van der Waals surface area contributed by atoms with Crippen LogP contribution in [0.4, 0.5) is 5.69 Å². The molecule has 2 heterocycles. The van der Waals surface area contributed by atoms with Crippen LogP contribution in [0.2, 0.25) is 0 Å². The fraction of sp³-hybridized carbons (Fsp3) is 0.167. The van der Waals surface area contributed by atoms with Gasteiger partial charge in [0.15, 0.2) is 0 Å². The van der Waals surface area contributed by atoms with Gasteiger partial charge in [-0.2, -0.15) is 0 Å². The first-order valence-electron chi connectivity index (χ1n) is 9.87. The van der Waals surface area contributed by atoms with Gasteiger partial charge in [0.25, 0.3) is 5.91 Å². The summed E-state index contributed by atoms with van der Waals surface area (Å²) in [6.45, 7) is 1.95. The van der Waals surface area contributed by atoms with Gasteiger partial charge in [0, 0.05) is 23.2 Å². The second-order valence-corrected chi connectivity index (χ2v) is 8.54. The number of carbonyl (C=O) groups excluding carboxylic acids is 2. The molecule has 1 atom stereocenters. The van der Waals surface area contributed by atoms with Gasteiger partial charge >= 0.3 is 0 Å². The molecular formula is C24H21N3O2S. The van der Waals surface area contributed by atoms with Crippen molar-refractivity contribution in [3.05, 3.63) is 78.0 Å². The Labute approximate surface area is 178 Å². The lowest BCUT2D eigenvalue weighted by molar-refractivity contribution is -0.119. The second kappa shape index (κ2) is 7.54. The van der Waals surface area contributed by atoms with E-state index in [1.165, 1.54) is 0 Å². The fourth-order valence-electron chi connectivity index (χ4n) is 4.02. The van der Waals surface area contributed by atoms with E-state index in [1.807, 2.05) is 73.8 Å². The monoisotopic (exact) mass is 415 g/mol. The Bertz CT molecular complexity index is 1280. The predicted octanol–water partition coefficient (Wildman–Crippen LogP) is 4.78. The Morgan fingerprint density at radius 3 is 2.80 bits per heavy atom. The van der Waals surface area contributed by atoms with E-state index in [2.05, 4.69) is 10.3 Å². The number of nitrogens with zero attached hydrogens (tertiary/aromatic N) is 1. The summed E-state index contributed by atoms with van der Waals surface area (Å²) in [5, 5.41) is 6.03. The molecule has 1 aromatic heterocycles. The summed E-state index contributed by atoms with van der Waals surface area (Å²) in [6, 6.07) is 19.1. The summed E-state index contributed by atoms with van der Waals surface area (Å²) < 4.78 is 0. The van der Waals surface area contributed by atoms with E-state index >= 15 is 0 Å². The number of hydrogen-bond acceptors (Lipinski definition) is 3. The average molecular weight is 416 g/mol. The van der Waals surface area contributed by atoms with Gasteiger partial charge in [-0.15, -0.1) is 11.8 Å². The van der Waals surface area contributed by atoms with Crippen LogP contribution in [0.15, 0.2) is 66.9 Å². The van der Waals surface area contributed by atoms with Crippen molar-refractivity contribution in [1.29, 1.82) is 0 Å². The minimum absolute atomic E-state index is 0.0886. The minimum atomic E-state index is -0.500. The summed E-state index contributed by atoms with van der Waals surface area (Å²) in [7, 11) is 0. The quantitative estimate of drug-likeness (QED) is 0.506. The van der Waals surface area contributed by atoms with Crippen LogP contribution >= 0.6 is 11.8 Å². The average Bonchev–Trinajstić information content (AvgIpc) is 3.42. The van der Waals surface area contributed by atoms with E-state index in [0.29, 0.717) is 17.2 Å². The van der Waals surface area contributed by atoms with Crippen LogP contribution in [0, 0.1) is 6.92 Å². The van der Waals surface area contributed by atoms with Crippen molar-refractivity contribution in [3.8, 4) is 0 Å². The zero-order chi connectivity index (χ0) is 20.7. The van der Waals surface area contributed by atoms with E-state index in [9.17, 15) is 9.59 Å². The molecule has 6 heteroatoms. The molecule has 1 aliphatic rings. The molecule has 3 aromatic carbocycles. The van der Waals surface area contributed by atoms with Crippen LogP contribution in [-0.4, -0.2) is 39.4 Å². The maximum absolute atomic E-state index is 13.5. The molecule has 0 saturated carbocycles. The Balaban J connectivity index is 1.43. The number of carbonyl (C=O) groups is 2. The van der Waals surface area contributed by atoms with Crippen LogP contribution in [0.5, 0.6) is 0 Å². The van der Waals surface area contributed by atoms with E-state index in [1.54, 1.807) is 16.7 Å². The zero-order valence-corrected chi connectivity index (χ0v) is 17.3. The number of anilines is 1. The first-order chi connectivity index (χ1) is 14.6. The van der Waals surface area contributed by atoms with Crippen molar-refractivity contribution in [3.63, 3.8) is 0 Å². The lowest BCUT2D eigenvalue weighted by Gasteiger charge is -2.24. The van der Waals surface area contributed by atoms with Gasteiger partial charge in [-0.05, 0) is 46.8 Å². The maximum Gasteiger partial charge on any atom is 0.256 e. The molecule has 5 rings (SSSR count). The Hall–Kier alpha value is -3.25. The fourth-order valence-corrected chi connectivity index (χ4v) is 5.17. The summed E-state index contributed by atoms with van der Waals surface area (Å²) in [4.78, 5) is 31.4. The molecule has 4 aromatic rings. The van der Waals surface area contributed by atoms with Crippen molar-refractivity contribution < 1.29 is 9.59 Å². The van der Waals surface area contributed by atoms with Gasteiger partial charge in [-0.3, -0.25) is 9.59 Å². The van der Waals surface area contributed by atoms with Crippen molar-refractivity contribution in [2.24, 2.45) is 0 Å². The standard InChI is InChI=1S/C24H21N3O2S/c1-15-6-7-16-4-2-3-5-19(16)22(15)24(29)27-14-30-13-21(27)23(28)26-18-9-8-17-10-11-25-20(17)12-18/h2-12,21,25H,13-14H2,1H3,(H,26,28). The lowest BCUT2D eigenvalue weighted by Crippen LogP contribution is -2.44. The SMILES string of the molecule is Cc1ccc2ccccc2c1C(=O)N1CSCC1C(=O)Nc1ccc2cc[nH]c2c1. The third kappa shape index (κ3) is 3.23. The highest BCUT2D eigenvalue weighted by Crippen LogP contribution is 2.29. The Morgan fingerprint density at radius 1 is 1.07 bits per heavy atom. The third-order valence-electron chi connectivity index (χ3n) is 5.62. The molecule has 0 aliphatic carbocycles. The van der Waals surface area contributed by atoms with Gasteiger partial charge in [-0.1, -0.05) is 42.5 Å². The maximum atomic E-state index is 13.5. The molecule has 1 unspecified atom stereocenters. The van der Waals surface area contributed by atoms with Gasteiger partial charge in [0.1, 0.15) is 6.04 Å². The van der Waals surface area contributed by atoms with Crippen LogP contribution in [0.1, 0.15) is 15.9 Å². The summed E-state index contributed by atoms with van der Waals surface area (Å²) in [5.74, 6) is 0.855. The van der Waals surface area contributed by atoms with Gasteiger partial charge in [-0.25, -0.2) is 0 Å². The number of amides is 2. The minimum Gasteiger partial charge on any atom is -0.361 e. The lowest BCUT2D eigenvalue weighted by atomic mass is 9.98. The number of H-pyrrole nitrogens is 1. The molecule has 0 bridgehead atoms. The summed E-state index contributed by atoms with van der Waals surface area (Å²) in [6.07, 6.45) is 1.87. The number of benzene rings is 3. The van der Waals surface area contributed by atoms with E-state index in [-0.39, 0.29) is 11.8 Å². The van der Waals surface area contributed by atoms with E-state index < -0.39 is 6.04 Å². The van der Waals surface area contributed by atoms with E-state index in [0.717, 1.165) is 32.9 Å². The molecule has 2 amide bonds. The van der Waals surface area contributed by atoms with Crippen LogP contribution < -0.4 is 5.32 Å². The van der Waals surface area contributed by atoms with Crippen molar-refractivity contribution in [1.82, 2.24) is 9.88 Å². The highest BCUT2D eigenvalue weighted by atomic mass is 32.2. The zero-order valence-electron chi connectivity index (χ0n) is 16.5. The molecule has 1 aliphatic heterocycles. The molecule has 0 spiro atoms. The predicted molar refractivity (Wildman–Crippen MR) is 123 cm³/mol. The number of rotatable bonds is 3. The number of nitrogens with one attached hydrogen (secondary N) is 2. The summed E-state index contributed by atoms with van der Waals surface area (Å²) in [5.41, 5.74) is 3.29. The molecule has 150 valence electrons. The highest BCUT2D eigenvalue weighted by molar-refractivity contribution is 7.99. The normalized spacial score (nSPS) is 16.3. The molecule has 2 N–H and O–H groups in total. The van der Waals surface area contributed by atoms with Crippen LogP contribution in [-0.2, 0) is 4.79 Å². The highest BCUT2D eigenvalue weighted by Gasteiger charge is 2.36. The van der Waals surface area contributed by atoms with Crippen molar-refractivity contribution in [2.45, 2.75) is 13.0 Å². The number of aromatic nitrogens is 1. The summed E-state index contributed by atoms with van der Waals surface area (Å²) >= 11 is 1.61. The third-order valence-corrected chi connectivity index (χ3v) is 6.63. The van der Waals surface area contributed by atoms with Gasteiger partial charge < -0.3 is 15.2 Å². The number of aryl methyl sites for hydroxylation is 1. The first-order valence-corrected chi connectivity index (χ1v) is 11.0. The van der Waals surface area contributed by atoms with Crippen LogP contribution in [0.25, 0.3) is 21.7 Å². The number of fused-ring (bicyclic) bond motifs is 2. The first kappa shape index (κ1) is 18.8. The van der Waals surface area contributed by atoms with Crippen molar-refractivity contribution >= 4 is 50.9 Å². The molecule has 30 heavy (non-hydrogen) atoms. The molecule has 5 nitrogen and oxygen atoms in total. The molecule has 0 radical (unpaired) electrons. The van der Waals surface area contributed by atoms with E-state index in [4.69, 9.17) is 0 Å². The smallest absolute Gasteiger partial charge is 0.256 e. The molecule has 1 saturated heterocycles. The number of thioether (sulfide) groups is 1. The van der Waals surface area contributed by atoms with Crippen LogP contribution in [0.3, 0.4) is 0 Å². The van der Waals surface area contributed by atoms with Crippen molar-refractivity contribution in [2.75, 3.05) is 16.9 Å². The topological polar surface area (TPSA) is 65.2 Å². The molecular weight excluding hydrogens is 394 g/mol. The van der Waals surface area contributed by atoms with Gasteiger partial charge in [0.05, 0.1) is 11.4 Å². The molecule has 1 fully saturated rings. The Morgan fingerprint density at radius 2 is 1.90 bits per heavy atom. The Kier molecular flexibility index (Phi) is 4.71. The van der Waals surface area contributed by atoms with Gasteiger partial charge in [0.2, 0.25) is 5.91 Å².